The molecule has 0 saturated heterocycles. The molecule has 3 nitrogen and oxygen atoms in total. The highest BCUT2D eigenvalue weighted by Gasteiger charge is 2.08. The second kappa shape index (κ2) is 4.11. The van der Waals surface area contributed by atoms with Crippen LogP contribution < -0.4 is 0 Å². The van der Waals surface area contributed by atoms with E-state index >= 15 is 0 Å². The van der Waals surface area contributed by atoms with E-state index in [4.69, 9.17) is 0 Å². The van der Waals surface area contributed by atoms with E-state index in [2.05, 4.69) is 9.97 Å². The number of pyridine rings is 1. The highest BCUT2D eigenvalue weighted by molar-refractivity contribution is 6.07. The number of rotatable bonds is 2. The van der Waals surface area contributed by atoms with Crippen LogP contribution in [0.1, 0.15) is 17.3 Å². The Hall–Kier alpha value is -2.42. The molecule has 1 aromatic carbocycles. The van der Waals surface area contributed by atoms with E-state index < -0.39 is 0 Å². The number of fused-ring (bicyclic) bond motifs is 1. The van der Waals surface area contributed by atoms with Crippen molar-refractivity contribution in [3.8, 4) is 11.1 Å². The van der Waals surface area contributed by atoms with Gasteiger partial charge < -0.3 is 4.98 Å². The van der Waals surface area contributed by atoms with Crippen molar-refractivity contribution in [3.05, 3.63) is 54.5 Å². The molecule has 0 amide bonds. The van der Waals surface area contributed by atoms with Crippen LogP contribution in [0.2, 0.25) is 0 Å². The van der Waals surface area contributed by atoms with Crippen molar-refractivity contribution in [2.45, 2.75) is 6.92 Å². The molecule has 2 aromatic heterocycles. The van der Waals surface area contributed by atoms with Gasteiger partial charge in [0.1, 0.15) is 0 Å². The fourth-order valence-electron chi connectivity index (χ4n) is 2.13. The van der Waals surface area contributed by atoms with Gasteiger partial charge in [-0.3, -0.25) is 9.78 Å². The maximum Gasteiger partial charge on any atom is 0.161 e. The van der Waals surface area contributed by atoms with E-state index in [9.17, 15) is 4.79 Å². The summed E-state index contributed by atoms with van der Waals surface area (Å²) in [7, 11) is 0. The van der Waals surface area contributed by atoms with Gasteiger partial charge in [0, 0.05) is 40.6 Å². The van der Waals surface area contributed by atoms with Gasteiger partial charge in [-0.1, -0.05) is 18.2 Å². The van der Waals surface area contributed by atoms with Gasteiger partial charge in [-0.25, -0.2) is 0 Å². The summed E-state index contributed by atoms with van der Waals surface area (Å²) in [5.74, 6) is 0.0791. The molecule has 0 spiro atoms. The third kappa shape index (κ3) is 1.70. The van der Waals surface area contributed by atoms with Crippen molar-refractivity contribution >= 4 is 16.7 Å². The second-order valence-electron chi connectivity index (χ2n) is 4.26. The van der Waals surface area contributed by atoms with Crippen molar-refractivity contribution in [3.63, 3.8) is 0 Å². The molecule has 0 fully saturated rings. The van der Waals surface area contributed by atoms with Crippen LogP contribution in [-0.2, 0) is 0 Å². The molecule has 1 N–H and O–H groups in total. The molecule has 0 unspecified atom stereocenters. The van der Waals surface area contributed by atoms with E-state index in [1.807, 2.05) is 36.5 Å². The summed E-state index contributed by atoms with van der Waals surface area (Å²) in [6, 6.07) is 9.96. The number of hydrogen-bond donors (Lipinski definition) is 1. The molecule has 0 radical (unpaired) electrons. The Morgan fingerprint density at radius 1 is 1.22 bits per heavy atom. The molecule has 2 heterocycles. The molecule has 0 aliphatic heterocycles. The average molecular weight is 236 g/mol. The van der Waals surface area contributed by atoms with Crippen LogP contribution in [0.25, 0.3) is 22.0 Å². The van der Waals surface area contributed by atoms with Gasteiger partial charge in [0.2, 0.25) is 0 Å². The molecule has 0 aliphatic rings. The van der Waals surface area contributed by atoms with Crippen LogP contribution in [0, 0.1) is 0 Å². The molecule has 3 heteroatoms. The molecule has 0 bridgehead atoms. The quantitative estimate of drug-likeness (QED) is 0.693. The van der Waals surface area contributed by atoms with E-state index in [0.29, 0.717) is 0 Å². The topological polar surface area (TPSA) is 45.8 Å². The Kier molecular flexibility index (Phi) is 2.45. The summed E-state index contributed by atoms with van der Waals surface area (Å²) in [5.41, 5.74) is 3.87. The van der Waals surface area contributed by atoms with Gasteiger partial charge in [-0.2, -0.15) is 0 Å². The molecular formula is C15H12N2O. The second-order valence-corrected chi connectivity index (χ2v) is 4.26. The number of H-pyrrole nitrogens is 1. The Labute approximate surface area is 104 Å². The van der Waals surface area contributed by atoms with Gasteiger partial charge in [0.15, 0.2) is 5.78 Å². The predicted molar refractivity (Wildman–Crippen MR) is 71.5 cm³/mol. The highest BCUT2D eigenvalue weighted by Crippen LogP contribution is 2.25. The monoisotopic (exact) mass is 236 g/mol. The normalized spacial score (nSPS) is 10.7. The maximum atomic E-state index is 11.4. The number of hydrogen-bond acceptors (Lipinski definition) is 2. The first-order valence-corrected chi connectivity index (χ1v) is 5.78. The minimum atomic E-state index is 0.0791. The van der Waals surface area contributed by atoms with Gasteiger partial charge in [-0.05, 0) is 24.6 Å². The van der Waals surface area contributed by atoms with Crippen molar-refractivity contribution in [1.82, 2.24) is 9.97 Å². The van der Waals surface area contributed by atoms with E-state index in [-0.39, 0.29) is 5.78 Å². The fourth-order valence-corrected chi connectivity index (χ4v) is 2.13. The number of benzene rings is 1. The molecule has 0 atom stereocenters. The van der Waals surface area contributed by atoms with Crippen LogP contribution in [-0.4, -0.2) is 15.8 Å². The summed E-state index contributed by atoms with van der Waals surface area (Å²) >= 11 is 0. The van der Waals surface area contributed by atoms with E-state index in [0.717, 1.165) is 27.6 Å². The minimum Gasteiger partial charge on any atom is -0.360 e. The number of Topliss-reactive ketones (excluding diaryl/α,β-unsaturated/α-hetero) is 1. The number of nitrogens with zero attached hydrogens (tertiary/aromatic N) is 1. The smallest absolute Gasteiger partial charge is 0.161 e. The molecule has 18 heavy (non-hydrogen) atoms. The zero-order chi connectivity index (χ0) is 12.5. The zero-order valence-electron chi connectivity index (χ0n) is 9.97. The Balaban J connectivity index is 2.16. The number of carbonyl (C=O) groups is 1. The van der Waals surface area contributed by atoms with Crippen LogP contribution in [0.4, 0.5) is 0 Å². The summed E-state index contributed by atoms with van der Waals surface area (Å²) in [6.45, 7) is 1.58. The van der Waals surface area contributed by atoms with E-state index in [1.165, 1.54) is 0 Å². The SMILES string of the molecule is CC(=O)c1c[nH]c2cc(-c3cccnc3)ccc12. The molecule has 88 valence electrons. The molecule has 3 rings (SSSR count). The fraction of sp³-hybridized carbons (Fsp3) is 0.0667. The molecule has 0 saturated carbocycles. The number of aromatic nitrogens is 2. The van der Waals surface area contributed by atoms with Gasteiger partial charge in [0.05, 0.1) is 0 Å². The van der Waals surface area contributed by atoms with Crippen LogP contribution in [0.5, 0.6) is 0 Å². The van der Waals surface area contributed by atoms with Crippen molar-refractivity contribution in [2.24, 2.45) is 0 Å². The third-order valence-electron chi connectivity index (χ3n) is 3.06. The standard InChI is InChI=1S/C15H12N2O/c1-10(18)14-9-17-15-7-11(4-5-13(14)15)12-3-2-6-16-8-12/h2-9,17H,1H3. The summed E-state index contributed by atoms with van der Waals surface area (Å²) in [6.07, 6.45) is 5.35. The first kappa shape index (κ1) is 10.7. The molecule has 0 aliphatic carbocycles. The Bertz CT molecular complexity index is 714. The lowest BCUT2D eigenvalue weighted by Crippen LogP contribution is -1.88. The minimum absolute atomic E-state index is 0.0791. The lowest BCUT2D eigenvalue weighted by atomic mass is 10.0. The summed E-state index contributed by atoms with van der Waals surface area (Å²) < 4.78 is 0. The summed E-state index contributed by atoms with van der Waals surface area (Å²) in [4.78, 5) is 18.7. The third-order valence-corrected chi connectivity index (χ3v) is 3.06. The Morgan fingerprint density at radius 2 is 2.11 bits per heavy atom. The highest BCUT2D eigenvalue weighted by atomic mass is 16.1. The van der Waals surface area contributed by atoms with Crippen molar-refractivity contribution in [1.29, 1.82) is 0 Å². The van der Waals surface area contributed by atoms with Gasteiger partial charge >= 0.3 is 0 Å². The van der Waals surface area contributed by atoms with Gasteiger partial charge in [0.25, 0.3) is 0 Å². The molecule has 3 aromatic rings. The summed E-state index contributed by atoms with van der Waals surface area (Å²) in [5, 5.41) is 0.968. The van der Waals surface area contributed by atoms with E-state index in [1.54, 1.807) is 19.3 Å². The number of ketones is 1. The largest absolute Gasteiger partial charge is 0.360 e. The van der Waals surface area contributed by atoms with Crippen LogP contribution in [0.15, 0.2) is 48.9 Å². The first-order chi connectivity index (χ1) is 8.75. The first-order valence-electron chi connectivity index (χ1n) is 5.78. The number of nitrogens with one attached hydrogen (secondary N) is 1. The Morgan fingerprint density at radius 3 is 2.83 bits per heavy atom. The average Bonchev–Trinajstić information content (AvgIpc) is 2.82. The number of aromatic amines is 1. The van der Waals surface area contributed by atoms with Gasteiger partial charge in [-0.15, -0.1) is 0 Å². The van der Waals surface area contributed by atoms with Crippen molar-refractivity contribution in [2.75, 3.05) is 0 Å². The molecular weight excluding hydrogens is 224 g/mol. The van der Waals surface area contributed by atoms with Crippen molar-refractivity contribution < 1.29 is 4.79 Å². The number of carbonyl (C=O) groups excluding carboxylic acids is 1. The maximum absolute atomic E-state index is 11.4. The lowest BCUT2D eigenvalue weighted by Gasteiger charge is -2.01. The van der Waals surface area contributed by atoms with Crippen LogP contribution >= 0.6 is 0 Å². The lowest BCUT2D eigenvalue weighted by molar-refractivity contribution is 0.101. The van der Waals surface area contributed by atoms with Crippen LogP contribution in [0.3, 0.4) is 0 Å². The predicted octanol–water partition coefficient (Wildman–Crippen LogP) is 3.43. The zero-order valence-corrected chi connectivity index (χ0v) is 9.97.